The largest absolute Gasteiger partial charge is 0.294 e. The smallest absolute Gasteiger partial charge is 0.166 e. The van der Waals surface area contributed by atoms with E-state index in [1.54, 1.807) is 0 Å². The van der Waals surface area contributed by atoms with Crippen molar-refractivity contribution in [3.8, 4) is 0 Å². The first-order valence-electron chi connectivity index (χ1n) is 7.27. The standard InChI is InChI=1S/C18H20O/c1-13-6-4-9-15(12-13)18(19)17-11-5-8-14-7-2-3-10-16(14)17/h2-3,5,7-8,10-11,13,15H,4,6,9,12H2,1H3. The summed E-state index contributed by atoms with van der Waals surface area (Å²) in [5.74, 6) is 1.27. The third kappa shape index (κ3) is 2.42. The first-order valence-corrected chi connectivity index (χ1v) is 7.27. The van der Waals surface area contributed by atoms with Gasteiger partial charge in [0.15, 0.2) is 5.78 Å². The van der Waals surface area contributed by atoms with Crippen molar-refractivity contribution in [1.29, 1.82) is 0 Å². The van der Waals surface area contributed by atoms with Crippen LogP contribution in [0.15, 0.2) is 42.5 Å². The van der Waals surface area contributed by atoms with E-state index in [1.165, 1.54) is 12.8 Å². The fourth-order valence-electron chi connectivity index (χ4n) is 3.33. The molecule has 0 heterocycles. The van der Waals surface area contributed by atoms with Gasteiger partial charge >= 0.3 is 0 Å². The van der Waals surface area contributed by atoms with Gasteiger partial charge in [0.05, 0.1) is 0 Å². The van der Waals surface area contributed by atoms with Crippen LogP contribution >= 0.6 is 0 Å². The maximum atomic E-state index is 12.8. The summed E-state index contributed by atoms with van der Waals surface area (Å²) in [4.78, 5) is 12.8. The van der Waals surface area contributed by atoms with Gasteiger partial charge in [-0.3, -0.25) is 4.79 Å². The average Bonchev–Trinajstić information content (AvgIpc) is 2.46. The van der Waals surface area contributed by atoms with Crippen LogP contribution < -0.4 is 0 Å². The molecule has 1 fully saturated rings. The van der Waals surface area contributed by atoms with Crippen LogP contribution in [-0.4, -0.2) is 5.78 Å². The molecule has 0 aromatic heterocycles. The summed E-state index contributed by atoms with van der Waals surface area (Å²) in [5.41, 5.74) is 0.914. The van der Waals surface area contributed by atoms with Crippen molar-refractivity contribution < 1.29 is 4.79 Å². The van der Waals surface area contributed by atoms with Crippen LogP contribution in [0.3, 0.4) is 0 Å². The van der Waals surface area contributed by atoms with Gasteiger partial charge in [-0.15, -0.1) is 0 Å². The van der Waals surface area contributed by atoms with Gasteiger partial charge in [-0.2, -0.15) is 0 Å². The minimum Gasteiger partial charge on any atom is -0.294 e. The molecule has 2 atom stereocenters. The van der Waals surface area contributed by atoms with Crippen LogP contribution in [0.25, 0.3) is 10.8 Å². The SMILES string of the molecule is CC1CCCC(C(=O)c2cccc3ccccc23)C1. The van der Waals surface area contributed by atoms with E-state index in [0.717, 1.165) is 29.2 Å². The van der Waals surface area contributed by atoms with Crippen molar-refractivity contribution >= 4 is 16.6 Å². The van der Waals surface area contributed by atoms with Crippen LogP contribution in [0.2, 0.25) is 0 Å². The maximum Gasteiger partial charge on any atom is 0.166 e. The topological polar surface area (TPSA) is 17.1 Å². The summed E-state index contributed by atoms with van der Waals surface area (Å²) in [6.07, 6.45) is 4.59. The normalized spacial score (nSPS) is 23.4. The number of ketones is 1. The molecule has 2 aromatic rings. The minimum absolute atomic E-state index is 0.231. The Kier molecular flexibility index (Phi) is 3.37. The molecule has 2 aromatic carbocycles. The maximum absolute atomic E-state index is 12.8. The molecular formula is C18H20O. The number of Topliss-reactive ketones (excluding diaryl/α,β-unsaturated/α-hetero) is 1. The number of benzene rings is 2. The quantitative estimate of drug-likeness (QED) is 0.698. The molecule has 1 aliphatic rings. The molecule has 0 saturated heterocycles. The van der Waals surface area contributed by atoms with Crippen molar-refractivity contribution in [3.05, 3.63) is 48.0 Å². The van der Waals surface area contributed by atoms with Crippen molar-refractivity contribution in [3.63, 3.8) is 0 Å². The summed E-state index contributed by atoms with van der Waals surface area (Å²) >= 11 is 0. The summed E-state index contributed by atoms with van der Waals surface area (Å²) in [5, 5.41) is 2.27. The lowest BCUT2D eigenvalue weighted by Gasteiger charge is -2.26. The molecule has 0 aliphatic heterocycles. The van der Waals surface area contributed by atoms with Gasteiger partial charge in [-0.05, 0) is 29.5 Å². The summed E-state index contributed by atoms with van der Waals surface area (Å²) < 4.78 is 0. The molecule has 19 heavy (non-hydrogen) atoms. The highest BCUT2D eigenvalue weighted by Crippen LogP contribution is 2.32. The van der Waals surface area contributed by atoms with E-state index in [1.807, 2.05) is 24.3 Å². The number of hydrogen-bond donors (Lipinski definition) is 0. The lowest BCUT2D eigenvalue weighted by molar-refractivity contribution is 0.0870. The first kappa shape index (κ1) is 12.4. The number of hydrogen-bond acceptors (Lipinski definition) is 1. The summed E-state index contributed by atoms with van der Waals surface area (Å²) in [7, 11) is 0. The predicted octanol–water partition coefficient (Wildman–Crippen LogP) is 4.85. The molecule has 0 N–H and O–H groups in total. The van der Waals surface area contributed by atoms with Gasteiger partial charge in [-0.1, -0.05) is 62.2 Å². The highest BCUT2D eigenvalue weighted by Gasteiger charge is 2.26. The lowest BCUT2D eigenvalue weighted by atomic mass is 9.78. The first-order chi connectivity index (χ1) is 9.25. The molecule has 1 saturated carbocycles. The molecule has 1 aliphatic carbocycles. The van der Waals surface area contributed by atoms with Crippen LogP contribution in [0, 0.1) is 11.8 Å². The van der Waals surface area contributed by atoms with Gasteiger partial charge < -0.3 is 0 Å². The van der Waals surface area contributed by atoms with E-state index < -0.39 is 0 Å². The highest BCUT2D eigenvalue weighted by molar-refractivity contribution is 6.09. The fraction of sp³-hybridized carbons (Fsp3) is 0.389. The second-order valence-electron chi connectivity index (χ2n) is 5.86. The zero-order chi connectivity index (χ0) is 13.2. The van der Waals surface area contributed by atoms with E-state index in [0.29, 0.717) is 11.7 Å². The van der Waals surface area contributed by atoms with Gasteiger partial charge in [0.25, 0.3) is 0 Å². The minimum atomic E-state index is 0.231. The number of carbonyl (C=O) groups excluding carboxylic acids is 1. The monoisotopic (exact) mass is 252 g/mol. The number of fused-ring (bicyclic) bond motifs is 1. The number of carbonyl (C=O) groups is 1. The Morgan fingerprint density at radius 1 is 1.05 bits per heavy atom. The average molecular weight is 252 g/mol. The van der Waals surface area contributed by atoms with Crippen LogP contribution in [0.1, 0.15) is 43.0 Å². The zero-order valence-corrected chi connectivity index (χ0v) is 11.4. The van der Waals surface area contributed by atoms with Gasteiger partial charge in [0.1, 0.15) is 0 Å². The van der Waals surface area contributed by atoms with E-state index >= 15 is 0 Å². The summed E-state index contributed by atoms with van der Waals surface area (Å²) in [6.45, 7) is 2.27. The van der Waals surface area contributed by atoms with Crippen LogP contribution in [-0.2, 0) is 0 Å². The second-order valence-corrected chi connectivity index (χ2v) is 5.86. The Hall–Kier alpha value is -1.63. The molecule has 0 spiro atoms. The van der Waals surface area contributed by atoms with Crippen molar-refractivity contribution in [2.45, 2.75) is 32.6 Å². The van der Waals surface area contributed by atoms with Crippen molar-refractivity contribution in [2.75, 3.05) is 0 Å². The Balaban J connectivity index is 1.97. The van der Waals surface area contributed by atoms with E-state index in [4.69, 9.17) is 0 Å². The predicted molar refractivity (Wildman–Crippen MR) is 79.4 cm³/mol. The summed E-state index contributed by atoms with van der Waals surface area (Å²) in [6, 6.07) is 14.3. The van der Waals surface area contributed by atoms with Crippen molar-refractivity contribution in [1.82, 2.24) is 0 Å². The molecule has 0 amide bonds. The van der Waals surface area contributed by atoms with Gasteiger partial charge in [0.2, 0.25) is 0 Å². The van der Waals surface area contributed by atoms with E-state index in [-0.39, 0.29) is 5.92 Å². The molecule has 1 nitrogen and oxygen atoms in total. The Morgan fingerprint density at radius 3 is 2.68 bits per heavy atom. The van der Waals surface area contributed by atoms with Crippen LogP contribution in [0.5, 0.6) is 0 Å². The van der Waals surface area contributed by atoms with Crippen LogP contribution in [0.4, 0.5) is 0 Å². The Labute approximate surface area is 114 Å². The van der Waals surface area contributed by atoms with E-state index in [2.05, 4.69) is 25.1 Å². The lowest BCUT2D eigenvalue weighted by Crippen LogP contribution is -2.22. The third-order valence-electron chi connectivity index (χ3n) is 4.36. The van der Waals surface area contributed by atoms with Crippen molar-refractivity contribution in [2.24, 2.45) is 11.8 Å². The molecular weight excluding hydrogens is 232 g/mol. The van der Waals surface area contributed by atoms with Gasteiger partial charge in [-0.25, -0.2) is 0 Å². The third-order valence-corrected chi connectivity index (χ3v) is 4.36. The second kappa shape index (κ2) is 5.16. The molecule has 2 unspecified atom stereocenters. The molecule has 1 heteroatoms. The Morgan fingerprint density at radius 2 is 1.84 bits per heavy atom. The fourth-order valence-corrected chi connectivity index (χ4v) is 3.33. The Bertz CT molecular complexity index is 594. The molecule has 98 valence electrons. The number of rotatable bonds is 2. The van der Waals surface area contributed by atoms with Gasteiger partial charge in [0, 0.05) is 11.5 Å². The zero-order valence-electron chi connectivity index (χ0n) is 11.4. The molecule has 3 rings (SSSR count). The highest BCUT2D eigenvalue weighted by atomic mass is 16.1. The molecule has 0 bridgehead atoms. The molecule has 0 radical (unpaired) electrons. The van der Waals surface area contributed by atoms with E-state index in [9.17, 15) is 4.79 Å².